The van der Waals surface area contributed by atoms with E-state index in [1.54, 1.807) is 19.1 Å². The summed E-state index contributed by atoms with van der Waals surface area (Å²) in [5, 5.41) is 0. The van der Waals surface area contributed by atoms with Crippen molar-refractivity contribution < 1.29 is 14.3 Å². The van der Waals surface area contributed by atoms with Gasteiger partial charge in [-0.3, -0.25) is 4.79 Å². The number of carbonyl (C=O) groups excluding carboxylic acids is 1. The first kappa shape index (κ1) is 17.9. The number of likely N-dealkylation sites (N-methyl/N-ethyl adjacent to an activating group) is 1. The van der Waals surface area contributed by atoms with Crippen LogP contribution < -0.4 is 9.47 Å². The molecular formula is C20H25NO3. The van der Waals surface area contributed by atoms with Crippen LogP contribution in [0.5, 0.6) is 11.5 Å². The highest BCUT2D eigenvalue weighted by molar-refractivity contribution is 5.77. The Bertz CT molecular complexity index is 680. The average molecular weight is 327 g/mol. The maximum absolute atomic E-state index is 12.2. The van der Waals surface area contributed by atoms with Gasteiger partial charge in [0.25, 0.3) is 5.91 Å². The average Bonchev–Trinajstić information content (AvgIpc) is 2.60. The van der Waals surface area contributed by atoms with Gasteiger partial charge >= 0.3 is 0 Å². The fourth-order valence-corrected chi connectivity index (χ4v) is 2.27. The number of methoxy groups -OCH3 is 1. The molecule has 0 aromatic heterocycles. The molecular weight excluding hydrogens is 302 g/mol. The topological polar surface area (TPSA) is 38.8 Å². The van der Waals surface area contributed by atoms with Crippen molar-refractivity contribution in [2.24, 2.45) is 0 Å². The molecule has 0 saturated heterocycles. The molecule has 0 aliphatic heterocycles. The van der Waals surface area contributed by atoms with Crippen molar-refractivity contribution in [1.29, 1.82) is 0 Å². The maximum Gasteiger partial charge on any atom is 0.260 e. The van der Waals surface area contributed by atoms with E-state index in [0.29, 0.717) is 6.54 Å². The van der Waals surface area contributed by atoms with Crippen molar-refractivity contribution >= 4 is 5.91 Å². The predicted molar refractivity (Wildman–Crippen MR) is 95.7 cm³/mol. The Balaban J connectivity index is 1.79. The second kappa shape index (κ2) is 8.39. The number of aryl methyl sites for hydroxylation is 2. The summed E-state index contributed by atoms with van der Waals surface area (Å²) in [4.78, 5) is 13.9. The second-order valence-electron chi connectivity index (χ2n) is 5.95. The highest BCUT2D eigenvalue weighted by Gasteiger charge is 2.10. The first-order valence-electron chi connectivity index (χ1n) is 8.06. The minimum absolute atomic E-state index is 0.0262. The van der Waals surface area contributed by atoms with Gasteiger partial charge in [0.05, 0.1) is 7.11 Å². The number of nitrogens with zero attached hydrogens (tertiary/aromatic N) is 1. The highest BCUT2D eigenvalue weighted by atomic mass is 16.5. The molecule has 0 saturated carbocycles. The smallest absolute Gasteiger partial charge is 0.260 e. The SMILES string of the molecule is COc1ccc(CCN(C)C(=O)COc2ccc(C)c(C)c2)cc1. The molecule has 0 spiro atoms. The van der Waals surface area contributed by atoms with E-state index >= 15 is 0 Å². The molecule has 0 radical (unpaired) electrons. The van der Waals surface area contributed by atoms with E-state index < -0.39 is 0 Å². The Morgan fingerprint density at radius 2 is 1.67 bits per heavy atom. The fourth-order valence-electron chi connectivity index (χ4n) is 2.27. The van der Waals surface area contributed by atoms with Gasteiger partial charge in [-0.05, 0) is 61.2 Å². The van der Waals surface area contributed by atoms with E-state index in [1.807, 2.05) is 49.4 Å². The van der Waals surface area contributed by atoms with Crippen molar-refractivity contribution in [3.05, 3.63) is 59.2 Å². The number of rotatable bonds is 7. The van der Waals surface area contributed by atoms with E-state index in [-0.39, 0.29) is 12.5 Å². The van der Waals surface area contributed by atoms with Gasteiger partial charge < -0.3 is 14.4 Å². The molecule has 0 fully saturated rings. The van der Waals surface area contributed by atoms with Crippen LogP contribution in [0, 0.1) is 13.8 Å². The third-order valence-corrected chi connectivity index (χ3v) is 4.16. The molecule has 24 heavy (non-hydrogen) atoms. The van der Waals surface area contributed by atoms with Crippen LogP contribution in [0.2, 0.25) is 0 Å². The van der Waals surface area contributed by atoms with Crippen molar-refractivity contribution in [1.82, 2.24) is 4.90 Å². The molecule has 0 unspecified atom stereocenters. The Morgan fingerprint density at radius 1 is 1.00 bits per heavy atom. The monoisotopic (exact) mass is 327 g/mol. The maximum atomic E-state index is 12.2. The van der Waals surface area contributed by atoms with Crippen LogP contribution in [-0.4, -0.2) is 38.1 Å². The molecule has 0 aliphatic rings. The zero-order valence-electron chi connectivity index (χ0n) is 14.8. The van der Waals surface area contributed by atoms with Crippen molar-refractivity contribution in [3.8, 4) is 11.5 Å². The summed E-state index contributed by atoms with van der Waals surface area (Å²) in [5.74, 6) is 1.54. The van der Waals surface area contributed by atoms with Crippen molar-refractivity contribution in [2.45, 2.75) is 20.3 Å². The van der Waals surface area contributed by atoms with E-state index in [1.165, 1.54) is 11.1 Å². The Kier molecular flexibility index (Phi) is 6.24. The molecule has 0 N–H and O–H groups in total. The molecule has 2 aromatic rings. The molecule has 4 heteroatoms. The second-order valence-corrected chi connectivity index (χ2v) is 5.95. The normalized spacial score (nSPS) is 10.3. The number of hydrogen-bond donors (Lipinski definition) is 0. The van der Waals surface area contributed by atoms with E-state index in [0.717, 1.165) is 23.5 Å². The molecule has 2 aromatic carbocycles. The minimum Gasteiger partial charge on any atom is -0.497 e. The molecule has 0 heterocycles. The standard InChI is InChI=1S/C20H25NO3/c1-15-5-8-19(13-16(15)2)24-14-20(22)21(3)12-11-17-6-9-18(23-4)10-7-17/h5-10,13H,11-12,14H2,1-4H3. The van der Waals surface area contributed by atoms with Gasteiger partial charge in [-0.2, -0.15) is 0 Å². The molecule has 1 amide bonds. The quantitative estimate of drug-likeness (QED) is 0.782. The molecule has 2 rings (SSSR count). The minimum atomic E-state index is -0.0262. The Labute approximate surface area is 144 Å². The largest absolute Gasteiger partial charge is 0.497 e. The van der Waals surface area contributed by atoms with Crippen LogP contribution in [0.1, 0.15) is 16.7 Å². The van der Waals surface area contributed by atoms with E-state index in [2.05, 4.69) is 6.92 Å². The lowest BCUT2D eigenvalue weighted by Gasteiger charge is -2.18. The van der Waals surface area contributed by atoms with Crippen LogP contribution in [0.25, 0.3) is 0 Å². The van der Waals surface area contributed by atoms with Crippen LogP contribution >= 0.6 is 0 Å². The van der Waals surface area contributed by atoms with Crippen LogP contribution in [-0.2, 0) is 11.2 Å². The van der Waals surface area contributed by atoms with Gasteiger partial charge in [-0.1, -0.05) is 18.2 Å². The summed E-state index contributed by atoms with van der Waals surface area (Å²) in [5.41, 5.74) is 3.55. The van der Waals surface area contributed by atoms with Crippen LogP contribution in [0.15, 0.2) is 42.5 Å². The molecule has 0 aliphatic carbocycles. The molecule has 128 valence electrons. The third kappa shape index (κ3) is 5.01. The summed E-state index contributed by atoms with van der Waals surface area (Å²) >= 11 is 0. The van der Waals surface area contributed by atoms with Crippen LogP contribution in [0.4, 0.5) is 0 Å². The molecule has 0 bridgehead atoms. The van der Waals surface area contributed by atoms with Gasteiger partial charge in [-0.15, -0.1) is 0 Å². The first-order valence-corrected chi connectivity index (χ1v) is 8.06. The highest BCUT2D eigenvalue weighted by Crippen LogP contribution is 2.16. The van der Waals surface area contributed by atoms with Gasteiger partial charge in [0.15, 0.2) is 6.61 Å². The molecule has 0 atom stereocenters. The number of amides is 1. The lowest BCUT2D eigenvalue weighted by atomic mass is 10.1. The first-order chi connectivity index (χ1) is 11.5. The van der Waals surface area contributed by atoms with E-state index in [4.69, 9.17) is 9.47 Å². The van der Waals surface area contributed by atoms with E-state index in [9.17, 15) is 4.79 Å². The zero-order valence-corrected chi connectivity index (χ0v) is 14.8. The molecule has 4 nitrogen and oxygen atoms in total. The number of benzene rings is 2. The summed E-state index contributed by atoms with van der Waals surface area (Å²) in [6.45, 7) is 4.80. The van der Waals surface area contributed by atoms with Gasteiger partial charge in [-0.25, -0.2) is 0 Å². The number of ether oxygens (including phenoxy) is 2. The Hall–Kier alpha value is -2.49. The summed E-state index contributed by atoms with van der Waals surface area (Å²) in [6.07, 6.45) is 0.801. The van der Waals surface area contributed by atoms with Crippen LogP contribution in [0.3, 0.4) is 0 Å². The van der Waals surface area contributed by atoms with Crippen molar-refractivity contribution in [2.75, 3.05) is 27.3 Å². The third-order valence-electron chi connectivity index (χ3n) is 4.16. The van der Waals surface area contributed by atoms with Crippen molar-refractivity contribution in [3.63, 3.8) is 0 Å². The van der Waals surface area contributed by atoms with Gasteiger partial charge in [0.2, 0.25) is 0 Å². The summed E-state index contributed by atoms with van der Waals surface area (Å²) < 4.78 is 10.7. The Morgan fingerprint density at radius 3 is 2.29 bits per heavy atom. The fraction of sp³-hybridized carbons (Fsp3) is 0.350. The summed E-state index contributed by atoms with van der Waals surface area (Å²) in [7, 11) is 3.45. The lowest BCUT2D eigenvalue weighted by molar-refractivity contribution is -0.132. The number of hydrogen-bond acceptors (Lipinski definition) is 3. The lowest BCUT2D eigenvalue weighted by Crippen LogP contribution is -2.33. The summed E-state index contributed by atoms with van der Waals surface area (Å²) in [6, 6.07) is 13.8. The number of carbonyl (C=O) groups is 1. The zero-order chi connectivity index (χ0) is 17.5. The van der Waals surface area contributed by atoms with Gasteiger partial charge in [0.1, 0.15) is 11.5 Å². The predicted octanol–water partition coefficient (Wildman–Crippen LogP) is 3.39. The van der Waals surface area contributed by atoms with Gasteiger partial charge in [0, 0.05) is 13.6 Å².